The zero-order valence-electron chi connectivity index (χ0n) is 20.2. The molecule has 0 aromatic heterocycles. The van der Waals surface area contributed by atoms with Crippen LogP contribution in [0.2, 0.25) is 0 Å². The molecule has 2 aliphatic rings. The summed E-state index contributed by atoms with van der Waals surface area (Å²) in [5, 5.41) is 0. The number of hydrogen-bond acceptors (Lipinski definition) is 3. The maximum absolute atomic E-state index is 6.30. The van der Waals surface area contributed by atoms with Crippen LogP contribution in [0.1, 0.15) is 36.1 Å². The van der Waals surface area contributed by atoms with Crippen molar-refractivity contribution in [3.05, 3.63) is 125 Å². The molecule has 0 radical (unpaired) electrons. The van der Waals surface area contributed by atoms with Gasteiger partial charge in [-0.25, -0.2) is 0 Å². The number of benzene rings is 4. The van der Waals surface area contributed by atoms with Crippen LogP contribution in [0.25, 0.3) is 16.9 Å². The molecule has 0 unspecified atom stereocenters. The summed E-state index contributed by atoms with van der Waals surface area (Å²) in [5.74, 6) is 1.89. The van der Waals surface area contributed by atoms with Crippen molar-refractivity contribution in [3.8, 4) is 16.9 Å². The third-order valence-corrected chi connectivity index (χ3v) is 6.98. The van der Waals surface area contributed by atoms with E-state index in [4.69, 9.17) is 9.47 Å². The lowest BCUT2D eigenvalue weighted by Crippen LogP contribution is -2.44. The number of hydrogen-bond donors (Lipinski definition) is 0. The summed E-state index contributed by atoms with van der Waals surface area (Å²) in [5.41, 5.74) is 8.26. The van der Waals surface area contributed by atoms with Crippen LogP contribution in [0.5, 0.6) is 5.75 Å². The van der Waals surface area contributed by atoms with Crippen molar-refractivity contribution in [2.75, 3.05) is 4.90 Å². The maximum atomic E-state index is 6.30. The van der Waals surface area contributed by atoms with Gasteiger partial charge in [0.05, 0.1) is 5.54 Å². The van der Waals surface area contributed by atoms with Gasteiger partial charge in [-0.1, -0.05) is 84.9 Å². The number of nitrogens with zero attached hydrogens (tertiary/aromatic N) is 1. The van der Waals surface area contributed by atoms with Gasteiger partial charge in [0.15, 0.2) is 0 Å². The van der Waals surface area contributed by atoms with Crippen LogP contribution in [0, 0.1) is 0 Å². The van der Waals surface area contributed by atoms with Crippen LogP contribution >= 0.6 is 0 Å². The van der Waals surface area contributed by atoms with E-state index in [1.165, 1.54) is 27.9 Å². The molecule has 0 fully saturated rings. The van der Waals surface area contributed by atoms with E-state index in [2.05, 4.69) is 97.6 Å². The molecule has 2 heterocycles. The summed E-state index contributed by atoms with van der Waals surface area (Å²) in [6.45, 7) is 6.48. The lowest BCUT2D eigenvalue weighted by atomic mass is 9.87. The predicted octanol–water partition coefficient (Wildman–Crippen LogP) is 7.60. The molecule has 3 heteroatoms. The van der Waals surface area contributed by atoms with Crippen LogP contribution in [0.3, 0.4) is 0 Å². The number of ether oxygens (including phenoxy) is 2. The van der Waals surface area contributed by atoms with Gasteiger partial charge < -0.3 is 14.4 Å². The molecule has 0 bridgehead atoms. The van der Waals surface area contributed by atoms with E-state index < -0.39 is 0 Å². The second kappa shape index (κ2) is 8.66. The average molecular weight is 460 g/mol. The van der Waals surface area contributed by atoms with Crippen LogP contribution in [0.15, 0.2) is 103 Å². The molecule has 4 aromatic rings. The van der Waals surface area contributed by atoms with Crippen molar-refractivity contribution in [1.29, 1.82) is 0 Å². The molecule has 0 N–H and O–H groups in total. The first kappa shape index (κ1) is 21.5. The summed E-state index contributed by atoms with van der Waals surface area (Å²) in [7, 11) is 0. The highest BCUT2D eigenvalue weighted by Gasteiger charge is 2.38. The molecule has 3 nitrogen and oxygen atoms in total. The fourth-order valence-corrected chi connectivity index (χ4v) is 5.19. The van der Waals surface area contributed by atoms with Crippen molar-refractivity contribution in [1.82, 2.24) is 0 Å². The SMILES string of the molecule is CC1(C)C=C2OCc3c(-c4ccccc4OCc4ccccc4)ccc(c32)N1Cc1ccccc1. The summed E-state index contributed by atoms with van der Waals surface area (Å²) in [4.78, 5) is 2.49. The zero-order chi connectivity index (χ0) is 23.8. The molecule has 6 rings (SSSR count). The van der Waals surface area contributed by atoms with Crippen LogP contribution < -0.4 is 9.64 Å². The van der Waals surface area contributed by atoms with Crippen LogP contribution in [0.4, 0.5) is 5.69 Å². The lowest BCUT2D eigenvalue weighted by Gasteiger charge is -2.42. The Morgan fingerprint density at radius 1 is 0.771 bits per heavy atom. The van der Waals surface area contributed by atoms with Crippen molar-refractivity contribution in [2.24, 2.45) is 0 Å². The van der Waals surface area contributed by atoms with Gasteiger partial charge in [-0.2, -0.15) is 0 Å². The van der Waals surface area contributed by atoms with Crippen LogP contribution in [-0.4, -0.2) is 5.54 Å². The van der Waals surface area contributed by atoms with Crippen molar-refractivity contribution < 1.29 is 9.47 Å². The first-order valence-corrected chi connectivity index (χ1v) is 12.2. The first-order valence-electron chi connectivity index (χ1n) is 12.2. The molecule has 0 atom stereocenters. The summed E-state index contributed by atoms with van der Waals surface area (Å²) < 4.78 is 12.6. The fraction of sp³-hybridized carbons (Fsp3) is 0.188. The lowest BCUT2D eigenvalue weighted by molar-refractivity contribution is 0.282. The van der Waals surface area contributed by atoms with Crippen LogP contribution in [-0.2, 0) is 24.5 Å². The van der Waals surface area contributed by atoms with Gasteiger partial charge in [0.1, 0.15) is 24.7 Å². The van der Waals surface area contributed by atoms with Gasteiger partial charge in [-0.15, -0.1) is 0 Å². The average Bonchev–Trinajstić information content (AvgIpc) is 3.30. The monoisotopic (exact) mass is 459 g/mol. The second-order valence-electron chi connectivity index (χ2n) is 9.78. The fourth-order valence-electron chi connectivity index (χ4n) is 5.19. The molecule has 0 aliphatic carbocycles. The topological polar surface area (TPSA) is 21.7 Å². The van der Waals surface area contributed by atoms with Gasteiger partial charge in [-0.05, 0) is 48.7 Å². The largest absolute Gasteiger partial charge is 0.488 e. The zero-order valence-corrected chi connectivity index (χ0v) is 20.2. The third kappa shape index (κ3) is 3.97. The van der Waals surface area contributed by atoms with Gasteiger partial charge in [0.2, 0.25) is 0 Å². The van der Waals surface area contributed by atoms with Gasteiger partial charge in [0, 0.05) is 28.9 Å². The Hall–Kier alpha value is -3.98. The minimum Gasteiger partial charge on any atom is -0.488 e. The van der Waals surface area contributed by atoms with E-state index in [0.717, 1.165) is 29.2 Å². The predicted molar refractivity (Wildman–Crippen MR) is 142 cm³/mol. The standard InChI is InChI=1S/C32H29NO2/c1-32(2)19-30-31-27(22-35-30)25(17-18-28(31)33(32)20-23-11-5-3-6-12-23)26-15-9-10-16-29(26)34-21-24-13-7-4-8-14-24/h3-19H,20-22H2,1-2H3. The highest BCUT2D eigenvalue weighted by Crippen LogP contribution is 2.49. The van der Waals surface area contributed by atoms with E-state index in [9.17, 15) is 0 Å². The maximum Gasteiger partial charge on any atom is 0.127 e. The van der Waals surface area contributed by atoms with E-state index in [0.29, 0.717) is 13.2 Å². The second-order valence-corrected chi connectivity index (χ2v) is 9.78. The Morgan fingerprint density at radius 3 is 2.23 bits per heavy atom. The number of para-hydroxylation sites is 1. The van der Waals surface area contributed by atoms with E-state index in [1.807, 2.05) is 24.3 Å². The molecular formula is C32H29NO2. The normalized spacial score (nSPS) is 15.3. The number of anilines is 1. The Morgan fingerprint density at radius 2 is 1.46 bits per heavy atom. The molecule has 174 valence electrons. The van der Waals surface area contributed by atoms with Crippen molar-refractivity contribution >= 4 is 11.4 Å². The first-order chi connectivity index (χ1) is 17.1. The molecular weight excluding hydrogens is 430 g/mol. The van der Waals surface area contributed by atoms with E-state index >= 15 is 0 Å². The summed E-state index contributed by atoms with van der Waals surface area (Å²) in [6.07, 6.45) is 2.27. The molecule has 0 saturated carbocycles. The number of rotatable bonds is 6. The highest BCUT2D eigenvalue weighted by atomic mass is 16.5. The summed E-state index contributed by atoms with van der Waals surface area (Å²) >= 11 is 0. The molecule has 0 amide bonds. The van der Waals surface area contributed by atoms with E-state index in [1.54, 1.807) is 0 Å². The summed E-state index contributed by atoms with van der Waals surface area (Å²) in [6, 6.07) is 33.8. The Kier molecular flexibility index (Phi) is 5.33. The highest BCUT2D eigenvalue weighted by molar-refractivity contribution is 5.89. The smallest absolute Gasteiger partial charge is 0.127 e. The van der Waals surface area contributed by atoms with Gasteiger partial charge >= 0.3 is 0 Å². The quantitative estimate of drug-likeness (QED) is 0.296. The minimum atomic E-state index is -0.155. The van der Waals surface area contributed by atoms with Gasteiger partial charge in [-0.3, -0.25) is 0 Å². The Balaban J connectivity index is 1.40. The molecule has 2 aliphatic heterocycles. The molecule has 4 aromatic carbocycles. The molecule has 0 spiro atoms. The van der Waals surface area contributed by atoms with Crippen molar-refractivity contribution in [2.45, 2.75) is 39.1 Å². The van der Waals surface area contributed by atoms with E-state index in [-0.39, 0.29) is 5.54 Å². The Bertz CT molecular complexity index is 1390. The third-order valence-electron chi connectivity index (χ3n) is 6.98. The van der Waals surface area contributed by atoms with Gasteiger partial charge in [0.25, 0.3) is 0 Å². The van der Waals surface area contributed by atoms with Crippen molar-refractivity contribution in [3.63, 3.8) is 0 Å². The molecule has 35 heavy (non-hydrogen) atoms. The minimum absolute atomic E-state index is 0.155. The molecule has 0 saturated heterocycles. The Labute approximate surface area is 207 Å².